The predicted molar refractivity (Wildman–Crippen MR) is 78.6 cm³/mol. The number of hydrogen-bond acceptors (Lipinski definition) is 4. The molecule has 6 heteroatoms. The third kappa shape index (κ3) is 4.42. The molecule has 0 radical (unpaired) electrons. The van der Waals surface area contributed by atoms with Crippen LogP contribution in [0.3, 0.4) is 0 Å². The van der Waals surface area contributed by atoms with Crippen molar-refractivity contribution in [3.05, 3.63) is 28.8 Å². The average molecular weight is 299 g/mol. The van der Waals surface area contributed by atoms with E-state index in [4.69, 9.17) is 22.1 Å². The number of methoxy groups -OCH3 is 1. The summed E-state index contributed by atoms with van der Waals surface area (Å²) in [5, 5.41) is 3.03. The highest BCUT2D eigenvalue weighted by Gasteiger charge is 2.23. The molecule has 0 aromatic heterocycles. The van der Waals surface area contributed by atoms with Gasteiger partial charge in [0.2, 0.25) is 0 Å². The normalized spacial score (nSPS) is 12.1. The lowest BCUT2D eigenvalue weighted by atomic mass is 10.0. The van der Waals surface area contributed by atoms with E-state index < -0.39 is 12.0 Å². The van der Waals surface area contributed by atoms with Gasteiger partial charge in [-0.05, 0) is 30.5 Å². The molecule has 1 amide bonds. The second-order valence-electron chi connectivity index (χ2n) is 4.92. The van der Waals surface area contributed by atoms with E-state index in [1.54, 1.807) is 12.1 Å². The van der Waals surface area contributed by atoms with Gasteiger partial charge in [-0.3, -0.25) is 4.79 Å². The summed E-state index contributed by atoms with van der Waals surface area (Å²) in [6, 6.07) is 3.89. The van der Waals surface area contributed by atoms with Crippen molar-refractivity contribution >= 4 is 29.2 Å². The first-order valence-electron chi connectivity index (χ1n) is 6.28. The molecule has 0 bridgehead atoms. The maximum absolute atomic E-state index is 12.1. The third-order valence-corrected chi connectivity index (χ3v) is 3.10. The van der Waals surface area contributed by atoms with E-state index in [0.29, 0.717) is 22.7 Å². The quantitative estimate of drug-likeness (QED) is 0.645. The second-order valence-corrected chi connectivity index (χ2v) is 5.32. The van der Waals surface area contributed by atoms with Gasteiger partial charge in [-0.1, -0.05) is 25.4 Å². The standard InChI is InChI=1S/C14H19ClN2O3/c1-8(2)6-12(14(19)20-3)17-13(18)9-4-5-10(15)11(16)7-9/h4-5,7-8,12H,6,16H2,1-3H3,(H,17,18). The summed E-state index contributed by atoms with van der Waals surface area (Å²) < 4.78 is 4.69. The van der Waals surface area contributed by atoms with Crippen LogP contribution < -0.4 is 11.1 Å². The first-order valence-corrected chi connectivity index (χ1v) is 6.66. The maximum Gasteiger partial charge on any atom is 0.328 e. The van der Waals surface area contributed by atoms with Crippen LogP contribution in [0.2, 0.25) is 5.02 Å². The Labute approximate surface area is 123 Å². The first kappa shape index (κ1) is 16.3. The summed E-state index contributed by atoms with van der Waals surface area (Å²) in [5.74, 6) is -0.604. The Kier molecular flexibility index (Phi) is 5.82. The highest BCUT2D eigenvalue weighted by molar-refractivity contribution is 6.33. The van der Waals surface area contributed by atoms with Crippen molar-refractivity contribution in [3.63, 3.8) is 0 Å². The summed E-state index contributed by atoms with van der Waals surface area (Å²) in [7, 11) is 1.29. The molecule has 110 valence electrons. The molecule has 0 saturated carbocycles. The largest absolute Gasteiger partial charge is 0.467 e. The zero-order valence-corrected chi connectivity index (χ0v) is 12.5. The van der Waals surface area contributed by atoms with Gasteiger partial charge < -0.3 is 15.8 Å². The zero-order chi connectivity index (χ0) is 15.3. The molecular weight excluding hydrogens is 280 g/mol. The summed E-state index contributed by atoms with van der Waals surface area (Å²) in [6.07, 6.45) is 0.501. The Balaban J connectivity index is 2.84. The fourth-order valence-electron chi connectivity index (χ4n) is 1.75. The van der Waals surface area contributed by atoms with Gasteiger partial charge in [0.15, 0.2) is 0 Å². The maximum atomic E-state index is 12.1. The SMILES string of the molecule is COC(=O)C(CC(C)C)NC(=O)c1ccc(Cl)c(N)c1. The van der Waals surface area contributed by atoms with Gasteiger partial charge in [-0.15, -0.1) is 0 Å². The number of hydrogen-bond donors (Lipinski definition) is 2. The summed E-state index contributed by atoms with van der Waals surface area (Å²) in [4.78, 5) is 23.8. The van der Waals surface area contributed by atoms with E-state index in [-0.39, 0.29) is 11.8 Å². The molecule has 0 saturated heterocycles. The molecular formula is C14H19ClN2O3. The van der Waals surface area contributed by atoms with Crippen LogP contribution in [0.1, 0.15) is 30.6 Å². The number of nitrogens with two attached hydrogens (primary N) is 1. The van der Waals surface area contributed by atoms with Crippen LogP contribution in [0, 0.1) is 5.92 Å². The van der Waals surface area contributed by atoms with Crippen molar-refractivity contribution < 1.29 is 14.3 Å². The highest BCUT2D eigenvalue weighted by Crippen LogP contribution is 2.19. The van der Waals surface area contributed by atoms with E-state index in [1.807, 2.05) is 13.8 Å². The van der Waals surface area contributed by atoms with Gasteiger partial charge in [0.25, 0.3) is 5.91 Å². The van der Waals surface area contributed by atoms with E-state index in [1.165, 1.54) is 13.2 Å². The number of halogens is 1. The number of benzene rings is 1. The monoisotopic (exact) mass is 298 g/mol. The molecule has 1 aromatic rings. The summed E-state index contributed by atoms with van der Waals surface area (Å²) in [6.45, 7) is 3.92. The predicted octanol–water partition coefficient (Wildman–Crippen LogP) is 2.24. The number of anilines is 1. The molecule has 1 atom stereocenters. The lowest BCUT2D eigenvalue weighted by molar-refractivity contribution is -0.143. The second kappa shape index (κ2) is 7.14. The molecule has 5 nitrogen and oxygen atoms in total. The number of carbonyl (C=O) groups is 2. The van der Waals surface area contributed by atoms with Gasteiger partial charge >= 0.3 is 5.97 Å². The first-order chi connectivity index (χ1) is 9.35. The minimum absolute atomic E-state index is 0.245. The van der Waals surface area contributed by atoms with Crippen LogP contribution in [-0.2, 0) is 9.53 Å². The van der Waals surface area contributed by atoms with Crippen LogP contribution in [0.25, 0.3) is 0 Å². The van der Waals surface area contributed by atoms with Crippen LogP contribution >= 0.6 is 11.6 Å². The highest BCUT2D eigenvalue weighted by atomic mass is 35.5. The van der Waals surface area contributed by atoms with E-state index in [2.05, 4.69) is 5.32 Å². The van der Waals surface area contributed by atoms with Crippen LogP contribution in [-0.4, -0.2) is 25.0 Å². The minimum Gasteiger partial charge on any atom is -0.467 e. The van der Waals surface area contributed by atoms with Gasteiger partial charge in [-0.2, -0.15) is 0 Å². The average Bonchev–Trinajstić information content (AvgIpc) is 2.39. The van der Waals surface area contributed by atoms with Crippen molar-refractivity contribution in [2.24, 2.45) is 5.92 Å². The van der Waals surface area contributed by atoms with Crippen LogP contribution in [0.15, 0.2) is 18.2 Å². The van der Waals surface area contributed by atoms with Gasteiger partial charge in [0.1, 0.15) is 6.04 Å². The lowest BCUT2D eigenvalue weighted by Gasteiger charge is -2.18. The molecule has 1 unspecified atom stereocenters. The van der Waals surface area contributed by atoms with E-state index >= 15 is 0 Å². The number of nitrogen functional groups attached to an aromatic ring is 1. The zero-order valence-electron chi connectivity index (χ0n) is 11.8. The Morgan fingerprint density at radius 1 is 1.40 bits per heavy atom. The lowest BCUT2D eigenvalue weighted by Crippen LogP contribution is -2.42. The van der Waals surface area contributed by atoms with E-state index in [9.17, 15) is 9.59 Å². The molecule has 0 fully saturated rings. The van der Waals surface area contributed by atoms with Crippen molar-refractivity contribution in [1.82, 2.24) is 5.32 Å². The number of esters is 1. The Morgan fingerprint density at radius 2 is 2.05 bits per heavy atom. The number of carbonyl (C=O) groups excluding carboxylic acids is 2. The summed E-state index contributed by atoms with van der Waals surface area (Å²) >= 11 is 5.80. The molecule has 0 spiro atoms. The van der Waals surface area contributed by atoms with Crippen molar-refractivity contribution in [3.8, 4) is 0 Å². The number of ether oxygens (including phenoxy) is 1. The van der Waals surface area contributed by atoms with Crippen molar-refractivity contribution in [1.29, 1.82) is 0 Å². The Hall–Kier alpha value is -1.75. The minimum atomic E-state index is -0.676. The third-order valence-electron chi connectivity index (χ3n) is 2.76. The smallest absolute Gasteiger partial charge is 0.328 e. The van der Waals surface area contributed by atoms with Crippen molar-refractivity contribution in [2.75, 3.05) is 12.8 Å². The fraction of sp³-hybridized carbons (Fsp3) is 0.429. The molecule has 1 aromatic carbocycles. The van der Waals surface area contributed by atoms with E-state index in [0.717, 1.165) is 0 Å². The molecule has 0 aliphatic heterocycles. The number of rotatable bonds is 5. The van der Waals surface area contributed by atoms with Crippen LogP contribution in [0.4, 0.5) is 5.69 Å². The molecule has 0 aliphatic carbocycles. The van der Waals surface area contributed by atoms with Gasteiger partial charge in [0, 0.05) is 5.56 Å². The van der Waals surface area contributed by atoms with Gasteiger partial charge in [0.05, 0.1) is 17.8 Å². The summed E-state index contributed by atoms with van der Waals surface area (Å²) in [5.41, 5.74) is 6.32. The van der Waals surface area contributed by atoms with Crippen LogP contribution in [0.5, 0.6) is 0 Å². The molecule has 1 rings (SSSR count). The number of amides is 1. The molecule has 3 N–H and O–H groups in total. The fourth-order valence-corrected chi connectivity index (χ4v) is 1.87. The molecule has 20 heavy (non-hydrogen) atoms. The topological polar surface area (TPSA) is 81.4 Å². The van der Waals surface area contributed by atoms with Crippen molar-refractivity contribution in [2.45, 2.75) is 26.3 Å². The molecule has 0 heterocycles. The van der Waals surface area contributed by atoms with Gasteiger partial charge in [-0.25, -0.2) is 4.79 Å². The Morgan fingerprint density at radius 3 is 2.55 bits per heavy atom. The Bertz CT molecular complexity index is 503. The molecule has 0 aliphatic rings. The number of nitrogens with one attached hydrogen (secondary N) is 1.